The number of carbonyl (C=O) groups excluding carboxylic acids is 2. The number of benzene rings is 1. The number of nitrogens with zero attached hydrogens (tertiary/aromatic N) is 2. The number of rotatable bonds is 5. The highest BCUT2D eigenvalue weighted by Gasteiger charge is 2.26. The summed E-state index contributed by atoms with van der Waals surface area (Å²) >= 11 is 0. The summed E-state index contributed by atoms with van der Waals surface area (Å²) in [5.74, 6) is -0.0188. The molecule has 1 aliphatic carbocycles. The Morgan fingerprint density at radius 2 is 1.86 bits per heavy atom. The summed E-state index contributed by atoms with van der Waals surface area (Å²) in [5.41, 5.74) is 7.07. The van der Waals surface area contributed by atoms with E-state index in [1.54, 1.807) is 24.3 Å². The standard InChI is InChI=1S/C22H27N3O3/c1-5-17-19(6-2)25(4)20-9-7-8-18(21(17)20)24-28-22(27)23-16-12-10-15(11-13-16)14(3)26/h10-13H,5-9H2,1-4H3,(H,23,27)/b24-18+. The number of aromatic nitrogens is 1. The van der Waals surface area contributed by atoms with Crippen molar-refractivity contribution in [2.45, 2.75) is 52.9 Å². The van der Waals surface area contributed by atoms with Gasteiger partial charge in [0.05, 0.1) is 5.71 Å². The van der Waals surface area contributed by atoms with Gasteiger partial charge in [-0.25, -0.2) is 4.79 Å². The van der Waals surface area contributed by atoms with E-state index in [4.69, 9.17) is 4.84 Å². The van der Waals surface area contributed by atoms with E-state index >= 15 is 0 Å². The van der Waals surface area contributed by atoms with Gasteiger partial charge in [-0.05, 0) is 68.9 Å². The third-order valence-electron chi connectivity index (χ3n) is 5.33. The van der Waals surface area contributed by atoms with E-state index in [1.165, 1.54) is 23.9 Å². The Kier molecular flexibility index (Phi) is 5.97. The van der Waals surface area contributed by atoms with E-state index in [0.717, 1.165) is 43.4 Å². The predicted octanol–water partition coefficient (Wildman–Crippen LogP) is 4.64. The zero-order valence-corrected chi connectivity index (χ0v) is 17.0. The highest BCUT2D eigenvalue weighted by Crippen LogP contribution is 2.30. The average Bonchev–Trinajstić information content (AvgIpc) is 2.98. The van der Waals surface area contributed by atoms with Crippen molar-refractivity contribution in [2.24, 2.45) is 12.2 Å². The van der Waals surface area contributed by atoms with E-state index < -0.39 is 6.09 Å². The van der Waals surface area contributed by atoms with Crippen molar-refractivity contribution in [3.63, 3.8) is 0 Å². The molecule has 0 fully saturated rings. The summed E-state index contributed by atoms with van der Waals surface area (Å²) in [6, 6.07) is 6.68. The normalized spacial score (nSPS) is 14.6. The molecule has 2 aromatic rings. The third kappa shape index (κ3) is 3.86. The second-order valence-corrected chi connectivity index (χ2v) is 7.04. The van der Waals surface area contributed by atoms with Crippen LogP contribution >= 0.6 is 0 Å². The average molecular weight is 381 g/mol. The molecular formula is C22H27N3O3. The molecule has 0 atom stereocenters. The first-order valence-electron chi connectivity index (χ1n) is 9.81. The number of amides is 1. The second-order valence-electron chi connectivity index (χ2n) is 7.04. The highest BCUT2D eigenvalue weighted by molar-refractivity contribution is 6.04. The molecule has 6 nitrogen and oxygen atoms in total. The van der Waals surface area contributed by atoms with E-state index in [1.807, 2.05) is 0 Å². The number of hydrogen-bond acceptors (Lipinski definition) is 4. The fourth-order valence-corrected chi connectivity index (χ4v) is 3.98. The lowest BCUT2D eigenvalue weighted by Gasteiger charge is -2.16. The minimum atomic E-state index is -0.639. The number of Topliss-reactive ketones (excluding diaryl/α,β-unsaturated/α-hetero) is 1. The fourth-order valence-electron chi connectivity index (χ4n) is 3.98. The lowest BCUT2D eigenvalue weighted by molar-refractivity contribution is 0.101. The van der Waals surface area contributed by atoms with E-state index in [0.29, 0.717) is 11.3 Å². The monoisotopic (exact) mass is 381 g/mol. The topological polar surface area (TPSA) is 72.7 Å². The zero-order valence-electron chi connectivity index (χ0n) is 17.0. The molecule has 1 heterocycles. The zero-order chi connectivity index (χ0) is 20.3. The first kappa shape index (κ1) is 19.9. The van der Waals surface area contributed by atoms with Gasteiger partial charge in [0.25, 0.3) is 0 Å². The molecule has 0 aliphatic heterocycles. The van der Waals surface area contributed by atoms with Gasteiger partial charge in [-0.2, -0.15) is 0 Å². The maximum Gasteiger partial charge on any atom is 0.437 e. The minimum Gasteiger partial charge on any atom is -0.351 e. The van der Waals surface area contributed by atoms with Crippen molar-refractivity contribution in [3.05, 3.63) is 52.3 Å². The van der Waals surface area contributed by atoms with Crippen LogP contribution < -0.4 is 5.32 Å². The SMILES string of the molecule is CCc1c2c(n(C)c1CC)CCC/C2=N\OC(=O)Nc1ccc(C(C)=O)cc1. The number of anilines is 1. The summed E-state index contributed by atoms with van der Waals surface area (Å²) in [6.45, 7) is 5.82. The van der Waals surface area contributed by atoms with Crippen LogP contribution in [0.2, 0.25) is 0 Å². The van der Waals surface area contributed by atoms with Crippen molar-refractivity contribution >= 4 is 23.3 Å². The van der Waals surface area contributed by atoms with Gasteiger partial charge in [0.1, 0.15) is 0 Å². The molecule has 1 aromatic heterocycles. The van der Waals surface area contributed by atoms with Crippen molar-refractivity contribution in [1.29, 1.82) is 0 Å². The van der Waals surface area contributed by atoms with Crippen LogP contribution in [0.4, 0.5) is 10.5 Å². The predicted molar refractivity (Wildman–Crippen MR) is 110 cm³/mol. The molecule has 1 aliphatic rings. The van der Waals surface area contributed by atoms with E-state index in [-0.39, 0.29) is 5.78 Å². The van der Waals surface area contributed by atoms with Crippen molar-refractivity contribution in [2.75, 3.05) is 5.32 Å². The lowest BCUT2D eigenvalue weighted by Crippen LogP contribution is -2.17. The van der Waals surface area contributed by atoms with Crippen LogP contribution in [-0.2, 0) is 31.1 Å². The first-order chi connectivity index (χ1) is 13.5. The van der Waals surface area contributed by atoms with Crippen LogP contribution in [0.25, 0.3) is 0 Å². The van der Waals surface area contributed by atoms with Gasteiger partial charge in [0.15, 0.2) is 5.78 Å². The summed E-state index contributed by atoms with van der Waals surface area (Å²) in [7, 11) is 2.11. The van der Waals surface area contributed by atoms with Crippen molar-refractivity contribution in [1.82, 2.24) is 4.57 Å². The summed E-state index contributed by atoms with van der Waals surface area (Å²) in [5, 5.41) is 6.84. The maximum absolute atomic E-state index is 12.2. The number of ketones is 1. The molecule has 0 saturated carbocycles. The maximum atomic E-state index is 12.2. The Morgan fingerprint density at radius 1 is 1.14 bits per heavy atom. The second kappa shape index (κ2) is 8.42. The molecule has 0 unspecified atom stereocenters. The van der Waals surface area contributed by atoms with E-state index in [2.05, 4.69) is 35.9 Å². The van der Waals surface area contributed by atoms with Crippen LogP contribution in [0, 0.1) is 0 Å². The molecule has 0 spiro atoms. The molecule has 1 aromatic carbocycles. The lowest BCUT2D eigenvalue weighted by atomic mass is 9.91. The smallest absolute Gasteiger partial charge is 0.351 e. The Morgan fingerprint density at radius 3 is 2.46 bits per heavy atom. The van der Waals surface area contributed by atoms with Gasteiger partial charge >= 0.3 is 6.09 Å². The fraction of sp³-hybridized carbons (Fsp3) is 0.409. The van der Waals surface area contributed by atoms with Gasteiger partial charge in [0.2, 0.25) is 0 Å². The number of carbonyl (C=O) groups is 2. The number of oxime groups is 1. The Bertz CT molecular complexity index is 923. The van der Waals surface area contributed by atoms with Crippen LogP contribution in [0.5, 0.6) is 0 Å². The van der Waals surface area contributed by atoms with Crippen LogP contribution in [-0.4, -0.2) is 22.2 Å². The molecule has 28 heavy (non-hydrogen) atoms. The molecule has 1 N–H and O–H groups in total. The quantitative estimate of drug-likeness (QED) is 0.466. The Labute approximate surface area is 165 Å². The van der Waals surface area contributed by atoms with Gasteiger partial charge in [-0.15, -0.1) is 0 Å². The van der Waals surface area contributed by atoms with Crippen LogP contribution in [0.3, 0.4) is 0 Å². The summed E-state index contributed by atoms with van der Waals surface area (Å²) in [4.78, 5) is 28.6. The number of fused-ring (bicyclic) bond motifs is 1. The van der Waals surface area contributed by atoms with Gasteiger partial charge in [-0.3, -0.25) is 14.9 Å². The van der Waals surface area contributed by atoms with Crippen LogP contribution in [0.15, 0.2) is 29.4 Å². The Balaban J connectivity index is 1.77. The highest BCUT2D eigenvalue weighted by atomic mass is 16.7. The van der Waals surface area contributed by atoms with Gasteiger partial charge in [0, 0.05) is 35.2 Å². The summed E-state index contributed by atoms with van der Waals surface area (Å²) < 4.78 is 2.28. The van der Waals surface area contributed by atoms with Crippen LogP contribution in [0.1, 0.15) is 66.5 Å². The van der Waals surface area contributed by atoms with Gasteiger partial charge < -0.3 is 4.57 Å². The number of nitrogens with one attached hydrogen (secondary N) is 1. The molecule has 0 bridgehead atoms. The Hall–Kier alpha value is -2.89. The molecule has 1 amide bonds. The molecule has 3 rings (SSSR count). The molecular weight excluding hydrogens is 354 g/mol. The van der Waals surface area contributed by atoms with E-state index in [9.17, 15) is 9.59 Å². The molecule has 6 heteroatoms. The largest absolute Gasteiger partial charge is 0.437 e. The van der Waals surface area contributed by atoms with Crippen molar-refractivity contribution < 1.29 is 14.4 Å². The molecule has 0 radical (unpaired) electrons. The first-order valence-corrected chi connectivity index (χ1v) is 9.81. The molecule has 0 saturated heterocycles. The van der Waals surface area contributed by atoms with Crippen molar-refractivity contribution in [3.8, 4) is 0 Å². The minimum absolute atomic E-state index is 0.0188. The third-order valence-corrected chi connectivity index (χ3v) is 5.33. The number of hydrogen-bond donors (Lipinski definition) is 1. The molecule has 148 valence electrons. The summed E-state index contributed by atoms with van der Waals surface area (Å²) in [6.07, 6.45) is 4.07. The van der Waals surface area contributed by atoms with Gasteiger partial charge in [-0.1, -0.05) is 19.0 Å².